The van der Waals surface area contributed by atoms with E-state index in [0.29, 0.717) is 34.5 Å². The van der Waals surface area contributed by atoms with E-state index in [1.165, 1.54) is 0 Å². The number of furan rings is 1. The SMILES string of the molecule is CCC1CN(c2nc3c(Cl)nc(-c4ccco4)nc3n2C2CCCCO2)CCO1. The third-order valence-corrected chi connectivity index (χ3v) is 5.80. The molecule has 5 rings (SSSR count). The van der Waals surface area contributed by atoms with Gasteiger partial charge < -0.3 is 18.8 Å². The molecule has 9 heteroatoms. The lowest BCUT2D eigenvalue weighted by Crippen LogP contribution is -2.43. The third kappa shape index (κ3) is 3.49. The van der Waals surface area contributed by atoms with Crippen LogP contribution in [0, 0.1) is 0 Å². The van der Waals surface area contributed by atoms with Gasteiger partial charge in [0.25, 0.3) is 0 Å². The highest BCUT2D eigenvalue weighted by molar-refractivity contribution is 6.33. The summed E-state index contributed by atoms with van der Waals surface area (Å²) in [5.41, 5.74) is 1.27. The van der Waals surface area contributed by atoms with E-state index in [2.05, 4.69) is 21.4 Å². The van der Waals surface area contributed by atoms with Gasteiger partial charge in [-0.15, -0.1) is 0 Å². The standard InChI is InChI=1S/C20H24ClN5O3/c1-2-13-12-25(8-11-27-13)20-22-16-17(21)23-18(14-6-5-10-28-14)24-19(16)26(20)15-7-3-4-9-29-15/h5-6,10,13,15H,2-4,7-9,11-12H2,1H3. The van der Waals surface area contributed by atoms with Crippen molar-refractivity contribution in [2.24, 2.45) is 0 Å². The molecule has 3 aromatic rings. The van der Waals surface area contributed by atoms with Crippen molar-refractivity contribution in [2.45, 2.75) is 44.9 Å². The number of fused-ring (bicyclic) bond motifs is 1. The van der Waals surface area contributed by atoms with E-state index in [1.54, 1.807) is 6.26 Å². The molecule has 3 aromatic heterocycles. The van der Waals surface area contributed by atoms with Crippen LogP contribution < -0.4 is 4.90 Å². The molecule has 2 aliphatic heterocycles. The smallest absolute Gasteiger partial charge is 0.210 e. The normalized spacial score (nSPS) is 23.0. The predicted octanol–water partition coefficient (Wildman–Crippen LogP) is 4.05. The highest BCUT2D eigenvalue weighted by Crippen LogP contribution is 2.35. The maximum atomic E-state index is 6.55. The van der Waals surface area contributed by atoms with Crippen LogP contribution in [-0.4, -0.2) is 51.9 Å². The van der Waals surface area contributed by atoms with Crippen molar-refractivity contribution in [3.8, 4) is 11.6 Å². The first-order valence-corrected chi connectivity index (χ1v) is 10.6. The molecular formula is C20H24ClN5O3. The number of anilines is 1. The fraction of sp³-hybridized carbons (Fsp3) is 0.550. The second-order valence-electron chi connectivity index (χ2n) is 7.44. The summed E-state index contributed by atoms with van der Waals surface area (Å²) in [5.74, 6) is 1.84. The first-order valence-electron chi connectivity index (χ1n) is 10.2. The lowest BCUT2D eigenvalue weighted by molar-refractivity contribution is -0.0297. The lowest BCUT2D eigenvalue weighted by Gasteiger charge is -2.35. The lowest BCUT2D eigenvalue weighted by atomic mass is 10.2. The third-order valence-electron chi connectivity index (χ3n) is 5.54. The monoisotopic (exact) mass is 417 g/mol. The van der Waals surface area contributed by atoms with Gasteiger partial charge in [0.05, 0.1) is 19.0 Å². The van der Waals surface area contributed by atoms with Crippen LogP contribution in [0.4, 0.5) is 5.95 Å². The number of aromatic nitrogens is 4. The fourth-order valence-electron chi connectivity index (χ4n) is 4.01. The molecule has 0 bridgehead atoms. The minimum Gasteiger partial charge on any atom is -0.461 e. The van der Waals surface area contributed by atoms with Crippen LogP contribution >= 0.6 is 11.6 Å². The number of ether oxygens (including phenoxy) is 2. The number of hydrogen-bond acceptors (Lipinski definition) is 7. The summed E-state index contributed by atoms with van der Waals surface area (Å²) in [6, 6.07) is 3.63. The maximum Gasteiger partial charge on any atom is 0.210 e. The van der Waals surface area contributed by atoms with E-state index < -0.39 is 0 Å². The van der Waals surface area contributed by atoms with E-state index in [9.17, 15) is 0 Å². The van der Waals surface area contributed by atoms with Gasteiger partial charge in [0.15, 0.2) is 22.4 Å². The molecule has 2 saturated heterocycles. The largest absolute Gasteiger partial charge is 0.461 e. The number of halogens is 1. The Labute approximate surface area is 173 Å². The Morgan fingerprint density at radius 2 is 2.10 bits per heavy atom. The molecule has 0 spiro atoms. The number of nitrogens with zero attached hydrogens (tertiary/aromatic N) is 5. The molecule has 0 N–H and O–H groups in total. The predicted molar refractivity (Wildman–Crippen MR) is 109 cm³/mol. The maximum absolute atomic E-state index is 6.55. The fourth-order valence-corrected chi connectivity index (χ4v) is 4.22. The quantitative estimate of drug-likeness (QED) is 0.592. The van der Waals surface area contributed by atoms with Gasteiger partial charge in [-0.2, -0.15) is 0 Å². The van der Waals surface area contributed by atoms with Crippen molar-refractivity contribution in [1.82, 2.24) is 19.5 Å². The van der Waals surface area contributed by atoms with Gasteiger partial charge in [-0.1, -0.05) is 18.5 Å². The van der Waals surface area contributed by atoms with Crippen LogP contribution in [-0.2, 0) is 9.47 Å². The Bertz CT molecular complexity index is 984. The molecule has 0 aromatic carbocycles. The van der Waals surface area contributed by atoms with Crippen LogP contribution in [0.25, 0.3) is 22.7 Å². The minimum atomic E-state index is -0.123. The second kappa shape index (κ2) is 7.93. The zero-order chi connectivity index (χ0) is 19.8. The number of imidazole rings is 1. The summed E-state index contributed by atoms with van der Waals surface area (Å²) >= 11 is 6.55. The minimum absolute atomic E-state index is 0.123. The van der Waals surface area contributed by atoms with E-state index in [1.807, 2.05) is 12.1 Å². The first-order chi connectivity index (χ1) is 14.2. The van der Waals surface area contributed by atoms with Crippen LogP contribution in [0.5, 0.6) is 0 Å². The molecule has 8 nitrogen and oxygen atoms in total. The van der Waals surface area contributed by atoms with Gasteiger partial charge in [-0.05, 0) is 37.8 Å². The number of hydrogen-bond donors (Lipinski definition) is 0. The average molecular weight is 418 g/mol. The Morgan fingerprint density at radius 3 is 2.86 bits per heavy atom. The zero-order valence-corrected chi connectivity index (χ0v) is 17.1. The number of rotatable bonds is 4. The molecule has 2 aliphatic rings. The molecule has 2 unspecified atom stereocenters. The molecule has 2 atom stereocenters. The molecular weight excluding hydrogens is 394 g/mol. The van der Waals surface area contributed by atoms with E-state index in [0.717, 1.165) is 51.3 Å². The van der Waals surface area contributed by atoms with Gasteiger partial charge in [0, 0.05) is 19.7 Å². The summed E-state index contributed by atoms with van der Waals surface area (Å²) in [6.45, 7) is 5.09. The molecule has 5 heterocycles. The van der Waals surface area contributed by atoms with Crippen molar-refractivity contribution < 1.29 is 13.9 Å². The topological polar surface area (TPSA) is 78.4 Å². The molecule has 0 saturated carbocycles. The molecule has 0 amide bonds. The van der Waals surface area contributed by atoms with Crippen LogP contribution in [0.3, 0.4) is 0 Å². The van der Waals surface area contributed by atoms with Gasteiger partial charge in [-0.25, -0.2) is 15.0 Å². The van der Waals surface area contributed by atoms with Crippen LogP contribution in [0.2, 0.25) is 5.15 Å². The molecule has 29 heavy (non-hydrogen) atoms. The Hall–Kier alpha value is -2.16. The summed E-state index contributed by atoms with van der Waals surface area (Å²) < 4.78 is 19.6. The summed E-state index contributed by atoms with van der Waals surface area (Å²) in [7, 11) is 0. The molecule has 2 fully saturated rings. The Balaban J connectivity index is 1.66. The highest BCUT2D eigenvalue weighted by Gasteiger charge is 2.30. The van der Waals surface area contributed by atoms with Gasteiger partial charge in [-0.3, -0.25) is 4.57 Å². The van der Waals surface area contributed by atoms with Crippen molar-refractivity contribution >= 4 is 28.7 Å². The van der Waals surface area contributed by atoms with Gasteiger partial charge >= 0.3 is 0 Å². The van der Waals surface area contributed by atoms with E-state index >= 15 is 0 Å². The van der Waals surface area contributed by atoms with E-state index in [-0.39, 0.29) is 12.3 Å². The van der Waals surface area contributed by atoms with E-state index in [4.69, 9.17) is 35.5 Å². The van der Waals surface area contributed by atoms with Gasteiger partial charge in [0.1, 0.15) is 11.7 Å². The number of morpholine rings is 1. The zero-order valence-electron chi connectivity index (χ0n) is 16.4. The average Bonchev–Trinajstić information content (AvgIpc) is 3.43. The van der Waals surface area contributed by atoms with Crippen LogP contribution in [0.1, 0.15) is 38.8 Å². The van der Waals surface area contributed by atoms with Crippen LogP contribution in [0.15, 0.2) is 22.8 Å². The molecule has 154 valence electrons. The first kappa shape index (κ1) is 18.8. The molecule has 0 radical (unpaired) electrons. The molecule has 0 aliphatic carbocycles. The van der Waals surface area contributed by atoms with Crippen molar-refractivity contribution in [2.75, 3.05) is 31.2 Å². The van der Waals surface area contributed by atoms with Crippen molar-refractivity contribution in [3.05, 3.63) is 23.5 Å². The summed E-state index contributed by atoms with van der Waals surface area (Å²) in [5, 5.41) is 0.317. The van der Waals surface area contributed by atoms with Crippen molar-refractivity contribution in [3.63, 3.8) is 0 Å². The second-order valence-corrected chi connectivity index (χ2v) is 7.80. The summed E-state index contributed by atoms with van der Waals surface area (Å²) in [6.07, 6.45) is 5.71. The summed E-state index contributed by atoms with van der Waals surface area (Å²) in [4.78, 5) is 16.3. The highest BCUT2D eigenvalue weighted by atomic mass is 35.5. The van der Waals surface area contributed by atoms with Crippen molar-refractivity contribution in [1.29, 1.82) is 0 Å². The Kier molecular flexibility index (Phi) is 5.15. The van der Waals surface area contributed by atoms with Gasteiger partial charge in [0.2, 0.25) is 5.95 Å². The Morgan fingerprint density at radius 1 is 1.17 bits per heavy atom.